The minimum absolute atomic E-state index is 0.0156. The van der Waals surface area contributed by atoms with Crippen molar-refractivity contribution in [2.45, 2.75) is 19.9 Å². The highest BCUT2D eigenvalue weighted by Crippen LogP contribution is 2.30. The normalized spacial score (nSPS) is 12.5. The van der Waals surface area contributed by atoms with Crippen molar-refractivity contribution >= 4 is 11.6 Å². The van der Waals surface area contributed by atoms with Gasteiger partial charge >= 0.3 is 0 Å². The van der Waals surface area contributed by atoms with E-state index in [1.54, 1.807) is 19.9 Å². The molecule has 0 amide bonds. The van der Waals surface area contributed by atoms with E-state index in [9.17, 15) is 8.78 Å². The Kier molecular flexibility index (Phi) is 3.88. The quantitative estimate of drug-likeness (QED) is 0.873. The van der Waals surface area contributed by atoms with Crippen LogP contribution in [-0.4, -0.2) is 0 Å². The van der Waals surface area contributed by atoms with Gasteiger partial charge in [-0.1, -0.05) is 29.8 Å². The van der Waals surface area contributed by atoms with Gasteiger partial charge in [-0.15, -0.1) is 0 Å². The molecule has 0 aliphatic carbocycles. The second kappa shape index (κ2) is 5.27. The van der Waals surface area contributed by atoms with Crippen LogP contribution in [0.3, 0.4) is 0 Å². The highest BCUT2D eigenvalue weighted by Gasteiger charge is 2.20. The molecule has 0 saturated heterocycles. The van der Waals surface area contributed by atoms with E-state index >= 15 is 0 Å². The molecule has 4 heteroatoms. The molecule has 19 heavy (non-hydrogen) atoms. The molecule has 0 aliphatic heterocycles. The predicted octanol–water partition coefficient (Wildman–Crippen LogP) is 4.28. The summed E-state index contributed by atoms with van der Waals surface area (Å²) in [6.45, 7) is 3.55. The summed E-state index contributed by atoms with van der Waals surface area (Å²) in [5, 5.41) is -0.0156. The molecule has 0 aromatic heterocycles. The smallest absolute Gasteiger partial charge is 0.146 e. The third-order valence-electron chi connectivity index (χ3n) is 3.11. The van der Waals surface area contributed by atoms with Gasteiger partial charge in [0.2, 0.25) is 0 Å². The Hall–Kier alpha value is -1.45. The van der Waals surface area contributed by atoms with Gasteiger partial charge in [0.15, 0.2) is 0 Å². The summed E-state index contributed by atoms with van der Waals surface area (Å²) < 4.78 is 28.0. The highest BCUT2D eigenvalue weighted by molar-refractivity contribution is 6.30. The van der Waals surface area contributed by atoms with Crippen molar-refractivity contribution in [3.8, 4) is 0 Å². The van der Waals surface area contributed by atoms with Crippen molar-refractivity contribution in [1.29, 1.82) is 0 Å². The summed E-state index contributed by atoms with van der Waals surface area (Å²) in [6.07, 6.45) is 0. The molecule has 1 nitrogen and oxygen atoms in total. The first-order valence-corrected chi connectivity index (χ1v) is 6.25. The van der Waals surface area contributed by atoms with Gasteiger partial charge in [-0.05, 0) is 37.1 Å². The molecule has 2 N–H and O–H groups in total. The lowest BCUT2D eigenvalue weighted by Crippen LogP contribution is -2.17. The van der Waals surface area contributed by atoms with Gasteiger partial charge in [0.05, 0.1) is 11.1 Å². The van der Waals surface area contributed by atoms with Crippen LogP contribution in [-0.2, 0) is 0 Å². The highest BCUT2D eigenvalue weighted by atomic mass is 35.5. The molecule has 0 radical (unpaired) electrons. The number of hydrogen-bond acceptors (Lipinski definition) is 1. The maximum atomic E-state index is 14.0. The maximum absolute atomic E-state index is 14.0. The van der Waals surface area contributed by atoms with Crippen LogP contribution in [0, 0.1) is 25.5 Å². The Morgan fingerprint density at radius 1 is 1.16 bits per heavy atom. The molecule has 0 spiro atoms. The fourth-order valence-electron chi connectivity index (χ4n) is 2.24. The third-order valence-corrected chi connectivity index (χ3v) is 3.40. The molecule has 0 saturated carbocycles. The van der Waals surface area contributed by atoms with Crippen molar-refractivity contribution in [2.24, 2.45) is 5.73 Å². The number of rotatable bonds is 2. The molecule has 0 bridgehead atoms. The minimum Gasteiger partial charge on any atom is -0.320 e. The number of aryl methyl sites for hydroxylation is 2. The van der Waals surface area contributed by atoms with Gasteiger partial charge in [0.25, 0.3) is 0 Å². The van der Waals surface area contributed by atoms with Gasteiger partial charge in [0.1, 0.15) is 11.6 Å². The summed E-state index contributed by atoms with van der Waals surface area (Å²) in [5.74, 6) is -1.03. The van der Waals surface area contributed by atoms with Gasteiger partial charge in [-0.25, -0.2) is 8.78 Å². The number of benzene rings is 2. The lowest BCUT2D eigenvalue weighted by atomic mass is 9.93. The largest absolute Gasteiger partial charge is 0.320 e. The zero-order valence-corrected chi connectivity index (χ0v) is 11.4. The van der Waals surface area contributed by atoms with Gasteiger partial charge in [-0.3, -0.25) is 0 Å². The number of halogens is 3. The summed E-state index contributed by atoms with van der Waals surface area (Å²) in [4.78, 5) is 0. The fourth-order valence-corrected chi connectivity index (χ4v) is 2.42. The van der Waals surface area contributed by atoms with Crippen molar-refractivity contribution < 1.29 is 8.78 Å². The van der Waals surface area contributed by atoms with Crippen LogP contribution in [0.1, 0.15) is 28.3 Å². The standard InChI is InChI=1S/C15H14ClF2N/c1-8-6-9(2)13(12(17)7-8)15(19)10-4-3-5-11(16)14(10)18/h3-7,15H,19H2,1-2H3. The van der Waals surface area contributed by atoms with Crippen LogP contribution >= 0.6 is 11.6 Å². The Morgan fingerprint density at radius 3 is 2.47 bits per heavy atom. The Balaban J connectivity index is 2.56. The van der Waals surface area contributed by atoms with E-state index in [-0.39, 0.29) is 10.6 Å². The monoisotopic (exact) mass is 281 g/mol. The predicted molar refractivity (Wildman–Crippen MR) is 73.3 cm³/mol. The van der Waals surface area contributed by atoms with E-state index in [0.717, 1.165) is 5.56 Å². The van der Waals surface area contributed by atoms with Crippen LogP contribution in [0.25, 0.3) is 0 Å². The Morgan fingerprint density at radius 2 is 1.84 bits per heavy atom. The third kappa shape index (κ3) is 2.62. The summed E-state index contributed by atoms with van der Waals surface area (Å²) in [5.41, 5.74) is 7.99. The summed E-state index contributed by atoms with van der Waals surface area (Å²) in [6, 6.07) is 6.89. The van der Waals surface area contributed by atoms with Crippen LogP contribution < -0.4 is 5.73 Å². The number of hydrogen-bond donors (Lipinski definition) is 1. The molecule has 0 heterocycles. The van der Waals surface area contributed by atoms with E-state index in [1.807, 2.05) is 6.07 Å². The molecule has 0 aliphatic rings. The first-order chi connectivity index (χ1) is 8.91. The van der Waals surface area contributed by atoms with Crippen LogP contribution in [0.15, 0.2) is 30.3 Å². The molecule has 2 aromatic carbocycles. The Labute approximate surface area is 116 Å². The fraction of sp³-hybridized carbons (Fsp3) is 0.200. The van der Waals surface area contributed by atoms with Crippen LogP contribution in [0.4, 0.5) is 8.78 Å². The van der Waals surface area contributed by atoms with E-state index in [4.69, 9.17) is 17.3 Å². The molecule has 2 rings (SSSR count). The van der Waals surface area contributed by atoms with Gasteiger partial charge < -0.3 is 5.73 Å². The van der Waals surface area contributed by atoms with Crippen molar-refractivity contribution in [1.82, 2.24) is 0 Å². The van der Waals surface area contributed by atoms with Crippen LogP contribution in [0.5, 0.6) is 0 Å². The van der Waals surface area contributed by atoms with Gasteiger partial charge in [-0.2, -0.15) is 0 Å². The molecule has 1 unspecified atom stereocenters. The SMILES string of the molecule is Cc1cc(C)c(C(N)c2cccc(Cl)c2F)c(F)c1. The van der Waals surface area contributed by atoms with E-state index < -0.39 is 17.7 Å². The van der Waals surface area contributed by atoms with E-state index in [0.29, 0.717) is 11.1 Å². The van der Waals surface area contributed by atoms with Crippen molar-refractivity contribution in [2.75, 3.05) is 0 Å². The molecule has 1 atom stereocenters. The number of nitrogens with two attached hydrogens (primary N) is 1. The topological polar surface area (TPSA) is 26.0 Å². The molecular formula is C15H14ClF2N. The van der Waals surface area contributed by atoms with Crippen molar-refractivity contribution in [3.63, 3.8) is 0 Å². The lowest BCUT2D eigenvalue weighted by molar-refractivity contribution is 0.573. The summed E-state index contributed by atoms with van der Waals surface area (Å²) >= 11 is 5.73. The zero-order valence-electron chi connectivity index (χ0n) is 10.7. The zero-order chi connectivity index (χ0) is 14.2. The molecular weight excluding hydrogens is 268 g/mol. The summed E-state index contributed by atoms with van der Waals surface area (Å²) in [7, 11) is 0. The van der Waals surface area contributed by atoms with Gasteiger partial charge in [0, 0.05) is 11.1 Å². The molecule has 2 aromatic rings. The molecule has 0 fully saturated rings. The first-order valence-electron chi connectivity index (χ1n) is 5.88. The maximum Gasteiger partial charge on any atom is 0.146 e. The van der Waals surface area contributed by atoms with E-state index in [2.05, 4.69) is 0 Å². The first kappa shape index (κ1) is 14.0. The lowest BCUT2D eigenvalue weighted by Gasteiger charge is -2.18. The minimum atomic E-state index is -0.876. The average molecular weight is 282 g/mol. The Bertz CT molecular complexity index is 603. The second-order valence-electron chi connectivity index (χ2n) is 4.60. The second-order valence-corrected chi connectivity index (χ2v) is 5.01. The van der Waals surface area contributed by atoms with Crippen LogP contribution in [0.2, 0.25) is 5.02 Å². The molecule has 100 valence electrons. The van der Waals surface area contributed by atoms with Crippen molar-refractivity contribution in [3.05, 3.63) is 69.2 Å². The van der Waals surface area contributed by atoms with E-state index in [1.165, 1.54) is 18.2 Å². The average Bonchev–Trinajstić information content (AvgIpc) is 2.31.